The topological polar surface area (TPSA) is 102 Å². The lowest BCUT2D eigenvalue weighted by atomic mass is 10.1. The van der Waals surface area contributed by atoms with Crippen molar-refractivity contribution in [3.05, 3.63) is 65.2 Å². The van der Waals surface area contributed by atoms with Crippen LogP contribution in [0.25, 0.3) is 0 Å². The number of ether oxygens (including phenoxy) is 2. The van der Waals surface area contributed by atoms with Crippen LogP contribution in [-0.4, -0.2) is 48.1 Å². The Morgan fingerprint density at radius 2 is 1.53 bits per heavy atom. The summed E-state index contributed by atoms with van der Waals surface area (Å²) < 4.78 is 46.0. The number of rotatable bonds is 8. The molecule has 0 radical (unpaired) electrons. The van der Waals surface area contributed by atoms with Gasteiger partial charge in [0, 0.05) is 18.7 Å². The van der Waals surface area contributed by atoms with Crippen LogP contribution >= 0.6 is 0 Å². The van der Waals surface area contributed by atoms with Gasteiger partial charge in [0.05, 0.1) is 17.5 Å². The SMILES string of the molecule is O=C(COC(=O)CCN1C(=O)c2ccccc2C1=O)NCc1ccccc1OC(F)(F)F. The number of para-hydroxylation sites is 1. The Hall–Kier alpha value is -3.89. The molecule has 0 atom stereocenters. The molecule has 0 bridgehead atoms. The lowest BCUT2D eigenvalue weighted by molar-refractivity contribution is -0.274. The summed E-state index contributed by atoms with van der Waals surface area (Å²) in [6.45, 7) is -1.17. The molecule has 0 fully saturated rings. The molecule has 0 saturated heterocycles. The molecule has 0 aromatic heterocycles. The zero-order chi connectivity index (χ0) is 23.3. The molecule has 3 amide bonds. The van der Waals surface area contributed by atoms with E-state index >= 15 is 0 Å². The Morgan fingerprint density at radius 1 is 0.938 bits per heavy atom. The number of alkyl halides is 3. The summed E-state index contributed by atoms with van der Waals surface area (Å²) in [6.07, 6.45) is -5.20. The van der Waals surface area contributed by atoms with Gasteiger partial charge in [-0.2, -0.15) is 0 Å². The number of benzene rings is 2. The molecule has 1 aliphatic rings. The lowest BCUT2D eigenvalue weighted by Crippen LogP contribution is -2.33. The van der Waals surface area contributed by atoms with Gasteiger partial charge in [0.25, 0.3) is 17.7 Å². The average molecular weight is 450 g/mol. The number of nitrogens with one attached hydrogen (secondary N) is 1. The maximum absolute atomic E-state index is 12.4. The van der Waals surface area contributed by atoms with Crippen LogP contribution in [0.5, 0.6) is 5.75 Å². The quantitative estimate of drug-likeness (QED) is 0.490. The summed E-state index contributed by atoms with van der Waals surface area (Å²) >= 11 is 0. The van der Waals surface area contributed by atoms with Crippen molar-refractivity contribution < 1.29 is 41.8 Å². The molecule has 0 aliphatic carbocycles. The van der Waals surface area contributed by atoms with Crippen LogP contribution in [0.4, 0.5) is 13.2 Å². The molecule has 8 nitrogen and oxygen atoms in total. The first-order chi connectivity index (χ1) is 15.2. The molecule has 1 aliphatic heterocycles. The molecule has 2 aromatic carbocycles. The zero-order valence-corrected chi connectivity index (χ0v) is 16.5. The van der Waals surface area contributed by atoms with Crippen molar-refractivity contribution in [3.8, 4) is 5.75 Å². The van der Waals surface area contributed by atoms with E-state index in [1.807, 2.05) is 0 Å². The highest BCUT2D eigenvalue weighted by Gasteiger charge is 2.35. The highest BCUT2D eigenvalue weighted by molar-refractivity contribution is 6.21. The van der Waals surface area contributed by atoms with Gasteiger partial charge >= 0.3 is 12.3 Å². The van der Waals surface area contributed by atoms with Crippen molar-refractivity contribution in [2.75, 3.05) is 13.2 Å². The largest absolute Gasteiger partial charge is 0.573 e. The van der Waals surface area contributed by atoms with Gasteiger partial charge in [0.1, 0.15) is 5.75 Å². The third-order valence-corrected chi connectivity index (χ3v) is 4.46. The Bertz CT molecular complexity index is 1020. The van der Waals surface area contributed by atoms with E-state index in [0.29, 0.717) is 0 Å². The summed E-state index contributed by atoms with van der Waals surface area (Å²) in [4.78, 5) is 49.1. The minimum Gasteiger partial charge on any atom is -0.456 e. The molecule has 0 unspecified atom stereocenters. The number of halogens is 3. The average Bonchev–Trinajstić information content (AvgIpc) is 2.99. The van der Waals surface area contributed by atoms with Gasteiger partial charge in [-0.05, 0) is 18.2 Å². The molecule has 0 saturated carbocycles. The smallest absolute Gasteiger partial charge is 0.456 e. The highest BCUT2D eigenvalue weighted by Crippen LogP contribution is 2.26. The minimum absolute atomic E-state index is 0.0788. The van der Waals surface area contributed by atoms with E-state index in [4.69, 9.17) is 4.74 Å². The second-order valence-corrected chi connectivity index (χ2v) is 6.65. The van der Waals surface area contributed by atoms with Gasteiger partial charge < -0.3 is 14.8 Å². The molecule has 0 spiro atoms. The molecule has 11 heteroatoms. The molecule has 2 aromatic rings. The molecular formula is C21H17F3N2O6. The second-order valence-electron chi connectivity index (χ2n) is 6.65. The molecule has 1 heterocycles. The van der Waals surface area contributed by atoms with Crippen LogP contribution in [-0.2, 0) is 20.9 Å². The maximum atomic E-state index is 12.4. The molecule has 3 rings (SSSR count). The van der Waals surface area contributed by atoms with Crippen molar-refractivity contribution in [2.45, 2.75) is 19.3 Å². The van der Waals surface area contributed by atoms with Gasteiger partial charge in [0.15, 0.2) is 6.61 Å². The zero-order valence-electron chi connectivity index (χ0n) is 16.5. The highest BCUT2D eigenvalue weighted by atomic mass is 19.4. The first kappa shape index (κ1) is 22.8. The maximum Gasteiger partial charge on any atom is 0.573 e. The Balaban J connectivity index is 1.43. The number of carbonyl (C=O) groups excluding carboxylic acids is 4. The standard InChI is InChI=1S/C21H17F3N2O6/c22-21(23,24)32-16-8-4-1-5-13(16)11-25-17(27)12-31-18(28)9-10-26-19(29)14-6-2-3-7-15(14)20(26)30/h1-8H,9-12H2,(H,25,27). The van der Waals surface area contributed by atoms with Crippen LogP contribution in [0.3, 0.4) is 0 Å². The van der Waals surface area contributed by atoms with Crippen molar-refractivity contribution in [1.29, 1.82) is 0 Å². The van der Waals surface area contributed by atoms with E-state index in [1.54, 1.807) is 12.1 Å². The van der Waals surface area contributed by atoms with E-state index < -0.39 is 42.4 Å². The monoisotopic (exact) mass is 450 g/mol. The van der Waals surface area contributed by atoms with E-state index in [0.717, 1.165) is 11.0 Å². The Morgan fingerprint density at radius 3 is 2.16 bits per heavy atom. The number of hydrogen-bond donors (Lipinski definition) is 1. The number of fused-ring (bicyclic) bond motifs is 1. The van der Waals surface area contributed by atoms with Crippen molar-refractivity contribution >= 4 is 23.7 Å². The van der Waals surface area contributed by atoms with Crippen molar-refractivity contribution in [2.24, 2.45) is 0 Å². The van der Waals surface area contributed by atoms with Gasteiger partial charge in [0.2, 0.25) is 0 Å². The lowest BCUT2D eigenvalue weighted by Gasteiger charge is -2.14. The third-order valence-electron chi connectivity index (χ3n) is 4.46. The predicted molar refractivity (Wildman–Crippen MR) is 102 cm³/mol. The molecule has 1 N–H and O–H groups in total. The fraction of sp³-hybridized carbons (Fsp3) is 0.238. The minimum atomic E-state index is -4.88. The molecule has 32 heavy (non-hydrogen) atoms. The number of hydrogen-bond acceptors (Lipinski definition) is 6. The van der Waals surface area contributed by atoms with Crippen LogP contribution in [0.2, 0.25) is 0 Å². The summed E-state index contributed by atoms with van der Waals surface area (Å²) in [7, 11) is 0. The Kier molecular flexibility index (Phi) is 6.76. The number of amides is 3. The first-order valence-corrected chi connectivity index (χ1v) is 9.37. The predicted octanol–water partition coefficient (Wildman–Crippen LogP) is 2.43. The number of nitrogens with zero attached hydrogens (tertiary/aromatic N) is 1. The fourth-order valence-corrected chi connectivity index (χ4v) is 2.98. The van der Waals surface area contributed by atoms with Gasteiger partial charge in [-0.15, -0.1) is 13.2 Å². The van der Waals surface area contributed by atoms with E-state index in [2.05, 4.69) is 10.1 Å². The molecule has 168 valence electrons. The van der Waals surface area contributed by atoms with E-state index in [9.17, 15) is 32.3 Å². The number of carbonyl (C=O) groups is 4. The van der Waals surface area contributed by atoms with Crippen molar-refractivity contribution in [3.63, 3.8) is 0 Å². The van der Waals surface area contributed by atoms with Crippen LogP contribution in [0.15, 0.2) is 48.5 Å². The van der Waals surface area contributed by atoms with Gasteiger partial charge in [-0.1, -0.05) is 30.3 Å². The normalized spacial score (nSPS) is 13.0. The third kappa shape index (κ3) is 5.62. The summed E-state index contributed by atoms with van der Waals surface area (Å²) in [5, 5.41) is 2.32. The summed E-state index contributed by atoms with van der Waals surface area (Å²) in [5.74, 6) is -3.07. The summed E-state index contributed by atoms with van der Waals surface area (Å²) in [6, 6.07) is 11.5. The van der Waals surface area contributed by atoms with Crippen molar-refractivity contribution in [1.82, 2.24) is 10.2 Å². The first-order valence-electron chi connectivity index (χ1n) is 9.37. The second kappa shape index (κ2) is 9.50. The van der Waals surface area contributed by atoms with Crippen LogP contribution < -0.4 is 10.1 Å². The van der Waals surface area contributed by atoms with E-state index in [-0.39, 0.29) is 36.2 Å². The number of imide groups is 1. The van der Waals surface area contributed by atoms with E-state index in [1.165, 1.54) is 30.3 Å². The summed E-state index contributed by atoms with van der Waals surface area (Å²) in [5.41, 5.74) is 0.579. The Labute approximate surface area is 179 Å². The van der Waals surface area contributed by atoms with Crippen LogP contribution in [0, 0.1) is 0 Å². The number of esters is 1. The van der Waals surface area contributed by atoms with Gasteiger partial charge in [-0.25, -0.2) is 0 Å². The van der Waals surface area contributed by atoms with Gasteiger partial charge in [-0.3, -0.25) is 24.1 Å². The van der Waals surface area contributed by atoms with Crippen LogP contribution in [0.1, 0.15) is 32.7 Å². The molecular weight excluding hydrogens is 433 g/mol. The fourth-order valence-electron chi connectivity index (χ4n) is 2.98.